The highest BCUT2D eigenvalue weighted by atomic mass is 32.1. The summed E-state index contributed by atoms with van der Waals surface area (Å²) in [4.78, 5) is 29.8. The quantitative estimate of drug-likeness (QED) is 0.417. The van der Waals surface area contributed by atoms with Gasteiger partial charge in [-0.2, -0.15) is 0 Å². The fourth-order valence-electron chi connectivity index (χ4n) is 2.94. The van der Waals surface area contributed by atoms with Crippen molar-refractivity contribution in [3.8, 4) is 27.7 Å². The molecule has 3 heterocycles. The van der Waals surface area contributed by atoms with Crippen LogP contribution >= 0.6 is 11.3 Å². The molecule has 1 aromatic carbocycles. The second-order valence-electron chi connectivity index (χ2n) is 7.04. The normalized spacial score (nSPS) is 10.7. The molecule has 32 heavy (non-hydrogen) atoms. The molecule has 1 amide bonds. The van der Waals surface area contributed by atoms with E-state index in [2.05, 4.69) is 20.5 Å². The molecular weight excluding hydrogens is 426 g/mol. The summed E-state index contributed by atoms with van der Waals surface area (Å²) in [5, 5.41) is 12.9. The lowest BCUT2D eigenvalue weighted by Gasteiger charge is -2.09. The lowest BCUT2D eigenvalue weighted by Crippen LogP contribution is -2.34. The molecule has 0 atom stereocenters. The Bertz CT molecular complexity index is 1240. The molecule has 0 saturated heterocycles. The van der Waals surface area contributed by atoms with E-state index >= 15 is 0 Å². The van der Waals surface area contributed by atoms with Crippen LogP contribution in [0.5, 0.6) is 5.88 Å². The summed E-state index contributed by atoms with van der Waals surface area (Å²) in [6.07, 6.45) is 1.39. The largest absolute Gasteiger partial charge is 0.475 e. The molecule has 0 aliphatic heterocycles. The van der Waals surface area contributed by atoms with Gasteiger partial charge in [0.15, 0.2) is 0 Å². The molecule has 3 aromatic heterocycles. The van der Waals surface area contributed by atoms with E-state index in [1.807, 2.05) is 54.8 Å². The van der Waals surface area contributed by atoms with Crippen molar-refractivity contribution in [3.63, 3.8) is 0 Å². The molecule has 1 N–H and O–H groups in total. The molecular formula is C23H21N5O3S. The molecule has 0 aliphatic carbocycles. The minimum absolute atomic E-state index is 0.116. The van der Waals surface area contributed by atoms with Crippen LogP contribution in [0.4, 0.5) is 0 Å². The molecule has 8 nitrogen and oxygen atoms in total. The highest BCUT2D eigenvalue weighted by molar-refractivity contribution is 7.13. The lowest BCUT2D eigenvalue weighted by atomic mass is 10.1. The van der Waals surface area contributed by atoms with Gasteiger partial charge >= 0.3 is 0 Å². The maximum atomic E-state index is 12.3. The third-order valence-corrected chi connectivity index (χ3v) is 5.52. The fraction of sp³-hybridized carbons (Fsp3) is 0.174. The van der Waals surface area contributed by atoms with Crippen molar-refractivity contribution in [2.24, 2.45) is 0 Å². The van der Waals surface area contributed by atoms with Crippen LogP contribution < -0.4 is 15.6 Å². The third kappa shape index (κ3) is 5.44. The molecule has 0 saturated carbocycles. The first kappa shape index (κ1) is 21.4. The van der Waals surface area contributed by atoms with Gasteiger partial charge in [0.2, 0.25) is 11.8 Å². The fourth-order valence-corrected chi connectivity index (χ4v) is 3.63. The number of hydrogen-bond donors (Lipinski definition) is 1. The summed E-state index contributed by atoms with van der Waals surface area (Å²) < 4.78 is 6.78. The number of carbonyl (C=O) groups excluding carboxylic acids is 1. The predicted molar refractivity (Wildman–Crippen MR) is 123 cm³/mol. The maximum Gasteiger partial charge on any atom is 0.254 e. The van der Waals surface area contributed by atoms with E-state index < -0.39 is 0 Å². The minimum Gasteiger partial charge on any atom is -0.475 e. The number of aromatic nitrogens is 4. The standard InChI is InChI=1S/C23H21N5O3S/c1-16-4-6-17(7-5-16)19-13-23(30)28(15-25-19)14-21(29)24-10-11-31-22-9-8-18(26-27-22)20-3-2-12-32-20/h2-9,12-13,15H,10-11,14H2,1H3,(H,24,29). The summed E-state index contributed by atoms with van der Waals surface area (Å²) in [5.41, 5.74) is 3.06. The van der Waals surface area contributed by atoms with Crippen LogP contribution in [0.25, 0.3) is 21.8 Å². The summed E-state index contributed by atoms with van der Waals surface area (Å²) in [6, 6.07) is 16.7. The predicted octanol–water partition coefficient (Wildman–Crippen LogP) is 2.93. The number of benzene rings is 1. The van der Waals surface area contributed by atoms with Crippen LogP contribution in [0.15, 0.2) is 71.1 Å². The van der Waals surface area contributed by atoms with Crippen molar-refractivity contribution in [1.29, 1.82) is 0 Å². The molecule has 0 aliphatic rings. The Labute approximate surface area is 188 Å². The molecule has 0 spiro atoms. The van der Waals surface area contributed by atoms with E-state index in [-0.39, 0.29) is 31.2 Å². The van der Waals surface area contributed by atoms with Crippen LogP contribution in [0.2, 0.25) is 0 Å². The average molecular weight is 448 g/mol. The second kappa shape index (κ2) is 9.97. The Morgan fingerprint density at radius 3 is 2.62 bits per heavy atom. The van der Waals surface area contributed by atoms with Gasteiger partial charge in [0.25, 0.3) is 5.56 Å². The van der Waals surface area contributed by atoms with Crippen LogP contribution in [-0.4, -0.2) is 38.8 Å². The number of aryl methyl sites for hydroxylation is 1. The number of nitrogens with zero attached hydrogens (tertiary/aromatic N) is 4. The van der Waals surface area contributed by atoms with Gasteiger partial charge in [-0.3, -0.25) is 14.2 Å². The zero-order valence-electron chi connectivity index (χ0n) is 17.4. The van der Waals surface area contributed by atoms with Gasteiger partial charge in [-0.1, -0.05) is 35.9 Å². The van der Waals surface area contributed by atoms with Crippen LogP contribution in [0.1, 0.15) is 5.56 Å². The molecule has 4 aromatic rings. The van der Waals surface area contributed by atoms with E-state index in [0.29, 0.717) is 11.6 Å². The van der Waals surface area contributed by atoms with Gasteiger partial charge in [0.1, 0.15) is 18.8 Å². The van der Waals surface area contributed by atoms with Crippen LogP contribution in [-0.2, 0) is 11.3 Å². The van der Waals surface area contributed by atoms with E-state index in [4.69, 9.17) is 4.74 Å². The number of carbonyl (C=O) groups is 1. The number of amides is 1. The zero-order chi connectivity index (χ0) is 22.3. The van der Waals surface area contributed by atoms with Gasteiger partial charge in [0, 0.05) is 17.7 Å². The molecule has 162 valence electrons. The molecule has 9 heteroatoms. The van der Waals surface area contributed by atoms with Crippen molar-refractivity contribution in [2.45, 2.75) is 13.5 Å². The zero-order valence-corrected chi connectivity index (χ0v) is 18.2. The van der Waals surface area contributed by atoms with Gasteiger partial charge < -0.3 is 10.1 Å². The van der Waals surface area contributed by atoms with Gasteiger partial charge in [-0.05, 0) is 24.4 Å². The summed E-state index contributed by atoms with van der Waals surface area (Å²) in [6.45, 7) is 2.39. The first-order valence-corrected chi connectivity index (χ1v) is 10.9. The maximum absolute atomic E-state index is 12.3. The van der Waals surface area contributed by atoms with Crippen molar-refractivity contribution in [2.75, 3.05) is 13.2 Å². The van der Waals surface area contributed by atoms with Crippen molar-refractivity contribution < 1.29 is 9.53 Å². The van der Waals surface area contributed by atoms with Crippen molar-refractivity contribution in [1.82, 2.24) is 25.1 Å². The van der Waals surface area contributed by atoms with E-state index in [1.54, 1.807) is 17.4 Å². The summed E-state index contributed by atoms with van der Waals surface area (Å²) in [5.74, 6) is 0.0754. The van der Waals surface area contributed by atoms with E-state index in [9.17, 15) is 9.59 Å². The Kier molecular flexibility index (Phi) is 6.66. The van der Waals surface area contributed by atoms with Crippen LogP contribution in [0, 0.1) is 6.92 Å². The smallest absolute Gasteiger partial charge is 0.254 e. The van der Waals surface area contributed by atoms with Crippen molar-refractivity contribution >= 4 is 17.2 Å². The minimum atomic E-state index is -0.306. The molecule has 0 bridgehead atoms. The number of thiophene rings is 1. The molecule has 0 fully saturated rings. The topological polar surface area (TPSA) is 99.0 Å². The Morgan fingerprint density at radius 2 is 1.94 bits per heavy atom. The average Bonchev–Trinajstić information content (AvgIpc) is 3.34. The highest BCUT2D eigenvalue weighted by Gasteiger charge is 2.08. The molecule has 0 radical (unpaired) electrons. The molecule has 4 rings (SSSR count). The first-order chi connectivity index (χ1) is 15.6. The SMILES string of the molecule is Cc1ccc(-c2cc(=O)n(CC(=O)NCCOc3ccc(-c4cccs4)nn3)cn2)cc1. The van der Waals surface area contributed by atoms with Gasteiger partial charge in [-0.15, -0.1) is 21.5 Å². The first-order valence-electron chi connectivity index (χ1n) is 9.99. The number of nitrogens with one attached hydrogen (secondary N) is 1. The lowest BCUT2D eigenvalue weighted by molar-refractivity contribution is -0.121. The Balaban J connectivity index is 1.24. The van der Waals surface area contributed by atoms with Crippen LogP contribution in [0.3, 0.4) is 0 Å². The van der Waals surface area contributed by atoms with E-state index in [0.717, 1.165) is 21.7 Å². The summed E-state index contributed by atoms with van der Waals surface area (Å²) >= 11 is 1.59. The van der Waals surface area contributed by atoms with Crippen molar-refractivity contribution in [3.05, 3.63) is 82.2 Å². The third-order valence-electron chi connectivity index (χ3n) is 4.63. The second-order valence-corrected chi connectivity index (χ2v) is 7.99. The van der Waals surface area contributed by atoms with Gasteiger partial charge in [-0.25, -0.2) is 4.98 Å². The van der Waals surface area contributed by atoms with E-state index in [1.165, 1.54) is 17.0 Å². The summed E-state index contributed by atoms with van der Waals surface area (Å²) in [7, 11) is 0. The molecule has 0 unspecified atom stereocenters. The monoisotopic (exact) mass is 447 g/mol. The number of ether oxygens (including phenoxy) is 1. The highest BCUT2D eigenvalue weighted by Crippen LogP contribution is 2.22. The number of rotatable bonds is 8. The van der Waals surface area contributed by atoms with Gasteiger partial charge in [0.05, 0.1) is 23.4 Å². The Morgan fingerprint density at radius 1 is 1.09 bits per heavy atom. The Hall–Kier alpha value is -3.85. The number of hydrogen-bond acceptors (Lipinski definition) is 7.